The molecular formula is C21H23ClN4O. The second kappa shape index (κ2) is 8.73. The number of nitrogens with zero attached hydrogens (tertiary/aromatic N) is 2. The van der Waals surface area contributed by atoms with Crippen LogP contribution in [0.1, 0.15) is 16.8 Å². The highest BCUT2D eigenvalue weighted by Gasteiger charge is 2.06. The first-order valence-electron chi connectivity index (χ1n) is 8.80. The lowest BCUT2D eigenvalue weighted by molar-refractivity contribution is 0.410. The predicted octanol–water partition coefficient (Wildman–Crippen LogP) is 5.15. The third-order valence-corrected chi connectivity index (χ3v) is 4.43. The standard InChI is InChI=1S/C21H23ClN4O/c1-14-8-9-17(22)13-18(14)25-21-24-15(2)12-20(26-21)23-11-10-16-6-4-5-7-19(16)27-3/h4-9,12-13H,10-11H2,1-3H3,(H2,23,24,25,26). The highest BCUT2D eigenvalue weighted by Crippen LogP contribution is 2.23. The van der Waals surface area contributed by atoms with E-state index >= 15 is 0 Å². The Morgan fingerprint density at radius 2 is 1.85 bits per heavy atom. The van der Waals surface area contributed by atoms with Crippen LogP contribution < -0.4 is 15.4 Å². The summed E-state index contributed by atoms with van der Waals surface area (Å²) in [4.78, 5) is 9.03. The van der Waals surface area contributed by atoms with E-state index in [-0.39, 0.29) is 0 Å². The van der Waals surface area contributed by atoms with E-state index < -0.39 is 0 Å². The molecule has 2 aromatic carbocycles. The summed E-state index contributed by atoms with van der Waals surface area (Å²) in [6.45, 7) is 4.70. The molecule has 0 unspecified atom stereocenters. The van der Waals surface area contributed by atoms with Gasteiger partial charge in [0.15, 0.2) is 0 Å². The molecule has 6 heteroatoms. The molecular weight excluding hydrogens is 360 g/mol. The summed E-state index contributed by atoms with van der Waals surface area (Å²) >= 11 is 6.09. The third kappa shape index (κ3) is 5.11. The van der Waals surface area contributed by atoms with E-state index in [0.29, 0.717) is 11.0 Å². The monoisotopic (exact) mass is 382 g/mol. The van der Waals surface area contributed by atoms with Gasteiger partial charge in [-0.3, -0.25) is 0 Å². The van der Waals surface area contributed by atoms with Gasteiger partial charge in [-0.15, -0.1) is 0 Å². The van der Waals surface area contributed by atoms with Crippen molar-refractivity contribution in [1.29, 1.82) is 0 Å². The van der Waals surface area contributed by atoms with Crippen molar-refractivity contribution in [2.75, 3.05) is 24.3 Å². The number of aryl methyl sites for hydroxylation is 2. The molecule has 0 bridgehead atoms. The predicted molar refractivity (Wildman–Crippen MR) is 111 cm³/mol. The summed E-state index contributed by atoms with van der Waals surface area (Å²) in [6.07, 6.45) is 0.837. The molecule has 0 amide bonds. The van der Waals surface area contributed by atoms with Crippen molar-refractivity contribution in [2.24, 2.45) is 0 Å². The molecule has 3 rings (SSSR count). The van der Waals surface area contributed by atoms with E-state index in [1.807, 2.05) is 56.3 Å². The van der Waals surface area contributed by atoms with Gasteiger partial charge in [0.25, 0.3) is 0 Å². The maximum atomic E-state index is 6.09. The van der Waals surface area contributed by atoms with E-state index in [9.17, 15) is 0 Å². The largest absolute Gasteiger partial charge is 0.496 e. The zero-order valence-corrected chi connectivity index (χ0v) is 16.5. The molecule has 1 heterocycles. The zero-order chi connectivity index (χ0) is 19.2. The molecule has 3 aromatic rings. The first kappa shape index (κ1) is 19.0. The zero-order valence-electron chi connectivity index (χ0n) is 15.7. The number of ether oxygens (including phenoxy) is 1. The number of halogens is 1. The van der Waals surface area contributed by atoms with Gasteiger partial charge in [-0.25, -0.2) is 4.98 Å². The quantitative estimate of drug-likeness (QED) is 0.591. The molecule has 5 nitrogen and oxygen atoms in total. The first-order chi connectivity index (χ1) is 13.0. The number of aromatic nitrogens is 2. The van der Waals surface area contributed by atoms with Crippen molar-refractivity contribution in [2.45, 2.75) is 20.3 Å². The van der Waals surface area contributed by atoms with Crippen molar-refractivity contribution >= 4 is 29.1 Å². The Hall–Kier alpha value is -2.79. The van der Waals surface area contributed by atoms with Gasteiger partial charge < -0.3 is 15.4 Å². The smallest absolute Gasteiger partial charge is 0.229 e. The van der Waals surface area contributed by atoms with Crippen LogP contribution in [0.25, 0.3) is 0 Å². The van der Waals surface area contributed by atoms with Crippen LogP contribution >= 0.6 is 11.6 Å². The van der Waals surface area contributed by atoms with Crippen molar-refractivity contribution in [3.63, 3.8) is 0 Å². The molecule has 2 N–H and O–H groups in total. The number of nitrogens with one attached hydrogen (secondary N) is 2. The summed E-state index contributed by atoms with van der Waals surface area (Å²) in [6, 6.07) is 15.7. The number of hydrogen-bond donors (Lipinski definition) is 2. The van der Waals surface area contributed by atoms with Gasteiger partial charge >= 0.3 is 0 Å². The van der Waals surface area contributed by atoms with Gasteiger partial charge in [0, 0.05) is 29.0 Å². The molecule has 0 atom stereocenters. The Morgan fingerprint density at radius 3 is 2.67 bits per heavy atom. The topological polar surface area (TPSA) is 59.1 Å². The summed E-state index contributed by atoms with van der Waals surface area (Å²) in [5.74, 6) is 2.22. The van der Waals surface area contributed by atoms with Crippen LogP contribution in [0.5, 0.6) is 5.75 Å². The number of hydrogen-bond acceptors (Lipinski definition) is 5. The molecule has 0 fully saturated rings. The van der Waals surface area contributed by atoms with Crippen LogP contribution in [0, 0.1) is 13.8 Å². The molecule has 140 valence electrons. The lowest BCUT2D eigenvalue weighted by atomic mass is 10.1. The Kier molecular flexibility index (Phi) is 6.14. The van der Waals surface area contributed by atoms with Crippen LogP contribution in [0.3, 0.4) is 0 Å². The van der Waals surface area contributed by atoms with Crippen LogP contribution in [0.4, 0.5) is 17.5 Å². The van der Waals surface area contributed by atoms with Gasteiger partial charge in [-0.05, 0) is 49.6 Å². The minimum absolute atomic E-state index is 0.542. The first-order valence-corrected chi connectivity index (χ1v) is 9.17. The summed E-state index contributed by atoms with van der Waals surface area (Å²) in [5, 5.41) is 7.29. The Labute approximate surface area is 164 Å². The van der Waals surface area contributed by atoms with Gasteiger partial charge in [0.05, 0.1) is 7.11 Å². The molecule has 0 saturated heterocycles. The fourth-order valence-corrected chi connectivity index (χ4v) is 2.97. The maximum absolute atomic E-state index is 6.09. The second-order valence-corrected chi connectivity index (χ2v) is 6.73. The number of para-hydroxylation sites is 1. The molecule has 0 aliphatic carbocycles. The van der Waals surface area contributed by atoms with Gasteiger partial charge in [0.2, 0.25) is 5.95 Å². The fraction of sp³-hybridized carbons (Fsp3) is 0.238. The molecule has 0 saturated carbocycles. The second-order valence-electron chi connectivity index (χ2n) is 6.29. The van der Waals surface area contributed by atoms with Crippen LogP contribution in [0.2, 0.25) is 5.02 Å². The van der Waals surface area contributed by atoms with E-state index in [1.165, 1.54) is 0 Å². The Balaban J connectivity index is 1.69. The minimum Gasteiger partial charge on any atom is -0.496 e. The summed E-state index contributed by atoms with van der Waals surface area (Å²) < 4.78 is 5.40. The summed E-state index contributed by atoms with van der Waals surface area (Å²) in [5.41, 5.74) is 4.02. The third-order valence-electron chi connectivity index (χ3n) is 4.19. The van der Waals surface area contributed by atoms with Gasteiger partial charge in [0.1, 0.15) is 11.6 Å². The number of rotatable bonds is 7. The average Bonchev–Trinajstić information content (AvgIpc) is 2.65. The highest BCUT2D eigenvalue weighted by molar-refractivity contribution is 6.30. The molecule has 27 heavy (non-hydrogen) atoms. The van der Waals surface area contributed by atoms with Crippen molar-refractivity contribution in [3.8, 4) is 5.75 Å². The molecule has 1 aromatic heterocycles. The number of benzene rings is 2. The van der Waals surface area contributed by atoms with Crippen molar-refractivity contribution in [1.82, 2.24) is 9.97 Å². The van der Waals surface area contributed by atoms with Crippen LogP contribution in [-0.4, -0.2) is 23.6 Å². The lowest BCUT2D eigenvalue weighted by Gasteiger charge is -2.12. The van der Waals surface area contributed by atoms with Gasteiger partial charge in [-0.2, -0.15) is 4.98 Å². The molecule has 0 radical (unpaired) electrons. The van der Waals surface area contributed by atoms with E-state index in [0.717, 1.165) is 47.0 Å². The van der Waals surface area contributed by atoms with Gasteiger partial charge in [-0.1, -0.05) is 35.9 Å². The average molecular weight is 383 g/mol. The summed E-state index contributed by atoms with van der Waals surface area (Å²) in [7, 11) is 1.69. The van der Waals surface area contributed by atoms with Crippen molar-refractivity contribution < 1.29 is 4.74 Å². The SMILES string of the molecule is COc1ccccc1CCNc1cc(C)nc(Nc2cc(Cl)ccc2C)n1. The van der Waals surface area contributed by atoms with Crippen LogP contribution in [0.15, 0.2) is 48.5 Å². The molecule has 0 aliphatic heterocycles. The van der Waals surface area contributed by atoms with E-state index in [2.05, 4.69) is 26.7 Å². The molecule has 0 spiro atoms. The number of methoxy groups -OCH3 is 1. The normalized spacial score (nSPS) is 10.5. The van der Waals surface area contributed by atoms with Crippen molar-refractivity contribution in [3.05, 3.63) is 70.4 Å². The maximum Gasteiger partial charge on any atom is 0.229 e. The van der Waals surface area contributed by atoms with Crippen LogP contribution in [-0.2, 0) is 6.42 Å². The fourth-order valence-electron chi connectivity index (χ4n) is 2.80. The van der Waals surface area contributed by atoms with E-state index in [1.54, 1.807) is 7.11 Å². The van der Waals surface area contributed by atoms with E-state index in [4.69, 9.17) is 16.3 Å². The number of anilines is 3. The minimum atomic E-state index is 0.542. The Bertz CT molecular complexity index is 930. The Morgan fingerprint density at radius 1 is 1.04 bits per heavy atom. The highest BCUT2D eigenvalue weighted by atomic mass is 35.5. The molecule has 0 aliphatic rings. The lowest BCUT2D eigenvalue weighted by Crippen LogP contribution is -2.09.